The molecule has 0 fully saturated rings. The Morgan fingerprint density at radius 2 is 2.14 bits per heavy atom. The zero-order valence-electron chi connectivity index (χ0n) is 10.9. The average Bonchev–Trinajstić information content (AvgIpc) is 2.44. The van der Waals surface area contributed by atoms with Gasteiger partial charge in [-0.25, -0.2) is 9.18 Å². The van der Waals surface area contributed by atoms with Crippen molar-refractivity contribution in [2.24, 2.45) is 0 Å². The SMILES string of the molecule is COc1ccc(C(=O)Cn2cc(Br)c(=O)[nH]c2=O)cc1F. The Morgan fingerprint density at radius 3 is 2.76 bits per heavy atom. The summed E-state index contributed by atoms with van der Waals surface area (Å²) >= 11 is 2.97. The molecule has 0 saturated heterocycles. The fraction of sp³-hybridized carbons (Fsp3) is 0.154. The van der Waals surface area contributed by atoms with Crippen LogP contribution >= 0.6 is 15.9 Å². The van der Waals surface area contributed by atoms with Gasteiger partial charge in [0.25, 0.3) is 5.56 Å². The van der Waals surface area contributed by atoms with Crippen LogP contribution in [0.4, 0.5) is 4.39 Å². The van der Waals surface area contributed by atoms with E-state index in [2.05, 4.69) is 20.9 Å². The Hall–Kier alpha value is -2.22. The summed E-state index contributed by atoms with van der Waals surface area (Å²) in [6, 6.07) is 3.76. The van der Waals surface area contributed by atoms with Gasteiger partial charge >= 0.3 is 5.69 Å². The third-order valence-electron chi connectivity index (χ3n) is 2.76. The molecule has 1 heterocycles. The van der Waals surface area contributed by atoms with E-state index in [9.17, 15) is 18.8 Å². The molecule has 0 radical (unpaired) electrons. The molecule has 110 valence electrons. The number of halogens is 2. The van der Waals surface area contributed by atoms with Crippen LogP contribution in [-0.2, 0) is 6.54 Å². The molecule has 8 heteroatoms. The van der Waals surface area contributed by atoms with Gasteiger partial charge in [0.1, 0.15) is 0 Å². The highest BCUT2D eigenvalue weighted by Crippen LogP contribution is 2.18. The van der Waals surface area contributed by atoms with Crippen molar-refractivity contribution in [2.45, 2.75) is 6.54 Å². The van der Waals surface area contributed by atoms with Gasteiger partial charge in [-0.2, -0.15) is 0 Å². The maximum Gasteiger partial charge on any atom is 0.328 e. The molecule has 0 saturated carbocycles. The molecule has 1 N–H and O–H groups in total. The fourth-order valence-electron chi connectivity index (χ4n) is 1.69. The van der Waals surface area contributed by atoms with E-state index in [4.69, 9.17) is 4.74 Å². The molecule has 0 bridgehead atoms. The first-order valence-electron chi connectivity index (χ1n) is 5.78. The topological polar surface area (TPSA) is 81.2 Å². The minimum Gasteiger partial charge on any atom is -0.494 e. The summed E-state index contributed by atoms with van der Waals surface area (Å²) in [6.45, 7) is -0.319. The van der Waals surface area contributed by atoms with E-state index >= 15 is 0 Å². The average molecular weight is 357 g/mol. The third kappa shape index (κ3) is 3.27. The van der Waals surface area contributed by atoms with Crippen LogP contribution in [0.3, 0.4) is 0 Å². The number of hydrogen-bond acceptors (Lipinski definition) is 4. The van der Waals surface area contributed by atoms with Crippen LogP contribution in [0.2, 0.25) is 0 Å². The molecule has 0 atom stereocenters. The van der Waals surface area contributed by atoms with Crippen LogP contribution in [0.5, 0.6) is 5.75 Å². The van der Waals surface area contributed by atoms with Gasteiger partial charge in [0.15, 0.2) is 17.3 Å². The highest BCUT2D eigenvalue weighted by molar-refractivity contribution is 9.10. The number of methoxy groups -OCH3 is 1. The molecule has 2 aromatic rings. The number of H-pyrrole nitrogens is 1. The second kappa shape index (κ2) is 6.04. The van der Waals surface area contributed by atoms with Crippen LogP contribution in [-0.4, -0.2) is 22.4 Å². The highest BCUT2D eigenvalue weighted by Gasteiger charge is 2.12. The third-order valence-corrected chi connectivity index (χ3v) is 3.32. The predicted octanol–water partition coefficient (Wildman–Crippen LogP) is 1.33. The van der Waals surface area contributed by atoms with E-state index < -0.39 is 22.8 Å². The van der Waals surface area contributed by atoms with Gasteiger partial charge in [0.2, 0.25) is 0 Å². The Morgan fingerprint density at radius 1 is 1.43 bits per heavy atom. The molecule has 0 aliphatic carbocycles. The lowest BCUT2D eigenvalue weighted by Crippen LogP contribution is -2.31. The van der Waals surface area contributed by atoms with Gasteiger partial charge in [-0.1, -0.05) is 0 Å². The number of hydrogen-bond donors (Lipinski definition) is 1. The van der Waals surface area contributed by atoms with E-state index in [1.54, 1.807) is 0 Å². The number of ketones is 1. The lowest BCUT2D eigenvalue weighted by molar-refractivity contribution is 0.0969. The molecule has 21 heavy (non-hydrogen) atoms. The van der Waals surface area contributed by atoms with Crippen molar-refractivity contribution in [1.29, 1.82) is 0 Å². The van der Waals surface area contributed by atoms with Gasteiger partial charge in [-0.05, 0) is 34.1 Å². The number of Topliss-reactive ketones (excluding diaryl/α,β-unsaturated/α-hetero) is 1. The zero-order chi connectivity index (χ0) is 15.6. The number of aromatic nitrogens is 2. The van der Waals surface area contributed by atoms with E-state index in [0.717, 1.165) is 10.6 Å². The van der Waals surface area contributed by atoms with E-state index in [0.29, 0.717) is 0 Å². The quantitative estimate of drug-likeness (QED) is 0.838. The minimum absolute atomic E-state index is 0.0236. The molecule has 1 aromatic carbocycles. The second-order valence-electron chi connectivity index (χ2n) is 4.14. The normalized spacial score (nSPS) is 10.4. The van der Waals surface area contributed by atoms with Gasteiger partial charge in [-0.15, -0.1) is 0 Å². The first-order valence-corrected chi connectivity index (χ1v) is 6.57. The summed E-state index contributed by atoms with van der Waals surface area (Å²) < 4.78 is 19.4. The van der Waals surface area contributed by atoms with Gasteiger partial charge < -0.3 is 4.74 Å². The van der Waals surface area contributed by atoms with Crippen molar-refractivity contribution in [3.8, 4) is 5.75 Å². The number of carbonyl (C=O) groups is 1. The summed E-state index contributed by atoms with van der Waals surface area (Å²) in [5.74, 6) is -1.12. The molecule has 0 aliphatic heterocycles. The summed E-state index contributed by atoms with van der Waals surface area (Å²) in [4.78, 5) is 36.9. The molecule has 0 unspecified atom stereocenters. The molecule has 1 aromatic heterocycles. The maximum absolute atomic E-state index is 13.5. The first kappa shape index (κ1) is 15.2. The second-order valence-corrected chi connectivity index (χ2v) is 4.99. The summed E-state index contributed by atoms with van der Waals surface area (Å²) in [6.07, 6.45) is 1.21. The van der Waals surface area contributed by atoms with Crippen LogP contribution in [0.25, 0.3) is 0 Å². The number of nitrogens with zero attached hydrogens (tertiary/aromatic N) is 1. The highest BCUT2D eigenvalue weighted by atomic mass is 79.9. The Balaban J connectivity index is 2.30. The number of carbonyl (C=O) groups excluding carboxylic acids is 1. The fourth-order valence-corrected chi connectivity index (χ4v) is 2.03. The van der Waals surface area contributed by atoms with Crippen molar-refractivity contribution < 1.29 is 13.9 Å². The molecule has 0 aliphatic rings. The molecular formula is C13H10BrFN2O4. The Labute approximate surface area is 126 Å². The van der Waals surface area contributed by atoms with Gasteiger partial charge in [0, 0.05) is 11.8 Å². The standard InChI is InChI=1S/C13H10BrFN2O4/c1-21-11-3-2-7(4-9(11)15)10(18)6-17-5-8(14)12(19)16-13(17)20/h2-5H,6H2,1H3,(H,16,19,20). The molecule has 2 rings (SSSR count). The predicted molar refractivity (Wildman–Crippen MR) is 76.3 cm³/mol. The van der Waals surface area contributed by atoms with Crippen LogP contribution < -0.4 is 16.0 Å². The summed E-state index contributed by atoms with van der Waals surface area (Å²) in [5.41, 5.74) is -1.20. The van der Waals surface area contributed by atoms with Crippen LogP contribution in [0.1, 0.15) is 10.4 Å². The summed E-state index contributed by atoms with van der Waals surface area (Å²) in [5, 5.41) is 0. The Kier molecular flexibility index (Phi) is 4.37. The van der Waals surface area contributed by atoms with Crippen LogP contribution in [0, 0.1) is 5.82 Å². The van der Waals surface area contributed by atoms with Crippen molar-refractivity contribution in [2.75, 3.05) is 7.11 Å². The molecule has 0 amide bonds. The van der Waals surface area contributed by atoms with Gasteiger partial charge in [-0.3, -0.25) is 19.1 Å². The minimum atomic E-state index is -0.717. The number of ether oxygens (including phenoxy) is 1. The van der Waals surface area contributed by atoms with Crippen molar-refractivity contribution >= 4 is 21.7 Å². The van der Waals surface area contributed by atoms with E-state index in [-0.39, 0.29) is 22.3 Å². The van der Waals surface area contributed by atoms with Crippen molar-refractivity contribution in [3.05, 3.63) is 61.1 Å². The number of rotatable bonds is 4. The van der Waals surface area contributed by atoms with E-state index in [1.807, 2.05) is 0 Å². The lowest BCUT2D eigenvalue weighted by Gasteiger charge is -2.06. The zero-order valence-corrected chi connectivity index (χ0v) is 12.4. The molecule has 6 nitrogen and oxygen atoms in total. The monoisotopic (exact) mass is 356 g/mol. The number of nitrogens with one attached hydrogen (secondary N) is 1. The van der Waals surface area contributed by atoms with Crippen LogP contribution in [0.15, 0.2) is 38.5 Å². The largest absolute Gasteiger partial charge is 0.494 e. The van der Waals surface area contributed by atoms with Crippen molar-refractivity contribution in [1.82, 2.24) is 9.55 Å². The van der Waals surface area contributed by atoms with Crippen molar-refractivity contribution in [3.63, 3.8) is 0 Å². The van der Waals surface area contributed by atoms with E-state index in [1.165, 1.54) is 25.4 Å². The molecular weight excluding hydrogens is 347 g/mol. The number of aromatic amines is 1. The first-order chi connectivity index (χ1) is 9.92. The summed E-state index contributed by atoms with van der Waals surface area (Å²) in [7, 11) is 1.32. The number of benzene rings is 1. The Bertz CT molecular complexity index is 813. The lowest BCUT2D eigenvalue weighted by atomic mass is 10.1. The smallest absolute Gasteiger partial charge is 0.328 e. The molecule has 0 spiro atoms. The van der Waals surface area contributed by atoms with Gasteiger partial charge in [0.05, 0.1) is 18.1 Å². The maximum atomic E-state index is 13.5.